The Kier molecular flexibility index (Phi) is 2.67. The van der Waals surface area contributed by atoms with Gasteiger partial charge in [-0.1, -0.05) is 0 Å². The van der Waals surface area contributed by atoms with Gasteiger partial charge in [-0.05, 0) is 13.0 Å². The first-order valence-electron chi connectivity index (χ1n) is 3.80. The number of carbonyl (C=O) groups excluding carboxylic acids is 1. The van der Waals surface area contributed by atoms with Crippen molar-refractivity contribution in [3.63, 3.8) is 0 Å². The molecule has 0 spiro atoms. The maximum Gasteiger partial charge on any atom is 0.357 e. The molecule has 5 nitrogen and oxygen atoms in total. The highest BCUT2D eigenvalue weighted by molar-refractivity contribution is 5.87. The molecule has 0 aromatic carbocycles. The quantitative estimate of drug-likeness (QED) is 0.447. The van der Waals surface area contributed by atoms with E-state index in [0.717, 1.165) is 0 Å². The molecule has 1 rings (SSSR count). The van der Waals surface area contributed by atoms with Gasteiger partial charge in [0.05, 0.1) is 6.61 Å². The topological polar surface area (TPSA) is 58.8 Å². The molecule has 0 unspecified atom stereocenters. The number of hydrogen-bond donors (Lipinski definition) is 1. The second kappa shape index (κ2) is 3.55. The normalized spacial score (nSPS) is 17.9. The zero-order valence-corrected chi connectivity index (χ0v) is 7.28. The van der Waals surface area contributed by atoms with Crippen molar-refractivity contribution in [3.8, 4) is 0 Å². The van der Waals surface area contributed by atoms with E-state index in [4.69, 9.17) is 10.6 Å². The van der Waals surface area contributed by atoms with Gasteiger partial charge in [-0.25, -0.2) is 20.8 Å². The molecule has 1 aliphatic heterocycles. The minimum atomic E-state index is -0.371. The molecule has 1 aliphatic rings. The van der Waals surface area contributed by atoms with E-state index < -0.39 is 0 Å². The zero-order valence-electron chi connectivity index (χ0n) is 7.28. The number of rotatable bonds is 2. The van der Waals surface area contributed by atoms with Crippen LogP contribution in [-0.4, -0.2) is 36.3 Å². The number of nitrogens with zero attached hydrogens (tertiary/aromatic N) is 2. The summed E-state index contributed by atoms with van der Waals surface area (Å²) in [6.07, 6.45) is 1.73. The van der Waals surface area contributed by atoms with Crippen LogP contribution in [-0.2, 0) is 9.53 Å². The van der Waals surface area contributed by atoms with Gasteiger partial charge in [0.2, 0.25) is 0 Å². The molecule has 68 valence electrons. The van der Waals surface area contributed by atoms with Crippen LogP contribution in [0.25, 0.3) is 0 Å². The molecule has 5 heteroatoms. The van der Waals surface area contributed by atoms with Crippen LogP contribution in [0.3, 0.4) is 0 Å². The van der Waals surface area contributed by atoms with Crippen LogP contribution in [0.2, 0.25) is 0 Å². The van der Waals surface area contributed by atoms with Crippen LogP contribution in [0.4, 0.5) is 0 Å². The van der Waals surface area contributed by atoms with Gasteiger partial charge in [0.1, 0.15) is 0 Å². The highest BCUT2D eigenvalue weighted by atomic mass is 16.5. The predicted octanol–water partition coefficient (Wildman–Crippen LogP) is -0.530. The fourth-order valence-corrected chi connectivity index (χ4v) is 0.966. The molecule has 2 N–H and O–H groups in total. The first kappa shape index (κ1) is 9.02. The number of esters is 1. The van der Waals surface area contributed by atoms with E-state index in [2.05, 4.69) is 0 Å². The summed E-state index contributed by atoms with van der Waals surface area (Å²) in [5.41, 5.74) is 0.402. The van der Waals surface area contributed by atoms with E-state index in [9.17, 15) is 4.79 Å². The molecule has 12 heavy (non-hydrogen) atoms. The molecule has 0 bridgehead atoms. The van der Waals surface area contributed by atoms with Crippen LogP contribution in [0.15, 0.2) is 11.8 Å². The van der Waals surface area contributed by atoms with Crippen LogP contribution in [0.5, 0.6) is 0 Å². The fourth-order valence-electron chi connectivity index (χ4n) is 0.966. The average molecular weight is 171 g/mol. The van der Waals surface area contributed by atoms with Crippen molar-refractivity contribution in [1.29, 1.82) is 0 Å². The van der Waals surface area contributed by atoms with Crippen molar-refractivity contribution in [1.82, 2.24) is 10.1 Å². The molecule has 0 fully saturated rings. The maximum absolute atomic E-state index is 11.2. The monoisotopic (exact) mass is 171 g/mol. The van der Waals surface area contributed by atoms with Crippen LogP contribution in [0.1, 0.15) is 6.92 Å². The molecule has 0 aliphatic carbocycles. The first-order valence-corrected chi connectivity index (χ1v) is 3.80. The Hall–Kier alpha value is -1.07. The van der Waals surface area contributed by atoms with E-state index in [0.29, 0.717) is 18.8 Å². The molecule has 0 saturated heterocycles. The summed E-state index contributed by atoms with van der Waals surface area (Å²) in [6, 6.07) is 0. The summed E-state index contributed by atoms with van der Waals surface area (Å²) >= 11 is 0. The second-order valence-corrected chi connectivity index (χ2v) is 2.49. The van der Waals surface area contributed by atoms with Crippen molar-refractivity contribution in [3.05, 3.63) is 11.8 Å². The van der Waals surface area contributed by atoms with Gasteiger partial charge >= 0.3 is 5.97 Å². The van der Waals surface area contributed by atoms with E-state index in [1.54, 1.807) is 25.1 Å². The molecular weight excluding hydrogens is 158 g/mol. The number of nitrogens with two attached hydrogens (primary N) is 1. The number of hydrogen-bond acceptors (Lipinski definition) is 5. The Labute approximate surface area is 71.3 Å². The lowest BCUT2D eigenvalue weighted by Crippen LogP contribution is -2.42. The Balaban J connectivity index is 2.58. The summed E-state index contributed by atoms with van der Waals surface area (Å²) < 4.78 is 4.79. The molecule has 0 amide bonds. The van der Waals surface area contributed by atoms with Gasteiger partial charge in [-0.2, -0.15) is 0 Å². The smallest absolute Gasteiger partial charge is 0.357 e. The maximum atomic E-state index is 11.2. The van der Waals surface area contributed by atoms with Gasteiger partial charge < -0.3 is 4.74 Å². The third kappa shape index (κ3) is 1.57. The lowest BCUT2D eigenvalue weighted by atomic mass is 10.4. The number of ether oxygens (including phenoxy) is 1. The molecule has 0 aromatic rings. The van der Waals surface area contributed by atoms with Crippen molar-refractivity contribution in [2.75, 3.05) is 20.2 Å². The minimum absolute atomic E-state index is 0.369. The highest BCUT2D eigenvalue weighted by Crippen LogP contribution is 2.11. The number of carbonyl (C=O) groups is 1. The summed E-state index contributed by atoms with van der Waals surface area (Å²) in [5, 5.41) is 3.00. The van der Waals surface area contributed by atoms with Gasteiger partial charge in [0.15, 0.2) is 5.70 Å². The van der Waals surface area contributed by atoms with Gasteiger partial charge in [-0.3, -0.25) is 0 Å². The lowest BCUT2D eigenvalue weighted by molar-refractivity contribution is -0.142. The van der Waals surface area contributed by atoms with Gasteiger partial charge in [0.25, 0.3) is 0 Å². The van der Waals surface area contributed by atoms with Crippen LogP contribution >= 0.6 is 0 Å². The number of hydrazine groups is 2. The van der Waals surface area contributed by atoms with E-state index in [1.807, 2.05) is 0 Å². The van der Waals surface area contributed by atoms with Gasteiger partial charge in [0, 0.05) is 13.6 Å². The van der Waals surface area contributed by atoms with E-state index in [1.165, 1.54) is 5.12 Å². The predicted molar refractivity (Wildman–Crippen MR) is 43.4 cm³/mol. The largest absolute Gasteiger partial charge is 0.461 e. The van der Waals surface area contributed by atoms with E-state index in [-0.39, 0.29) is 5.97 Å². The molecule has 0 aromatic heterocycles. The SMILES string of the molecule is CCOC(=O)C1=CCN(C)N1N. The zero-order chi connectivity index (χ0) is 9.14. The highest BCUT2D eigenvalue weighted by Gasteiger charge is 2.24. The third-order valence-electron chi connectivity index (χ3n) is 1.65. The Morgan fingerprint density at radius 3 is 2.92 bits per heavy atom. The lowest BCUT2D eigenvalue weighted by Gasteiger charge is -2.22. The molecule has 0 radical (unpaired) electrons. The Morgan fingerprint density at radius 1 is 1.83 bits per heavy atom. The first-order chi connectivity index (χ1) is 5.66. The Bertz CT molecular complexity index is 215. The van der Waals surface area contributed by atoms with Crippen LogP contribution < -0.4 is 5.84 Å². The van der Waals surface area contributed by atoms with E-state index >= 15 is 0 Å². The summed E-state index contributed by atoms with van der Waals surface area (Å²) in [4.78, 5) is 11.2. The molecular formula is C7H13N3O2. The summed E-state index contributed by atoms with van der Waals surface area (Å²) in [5.74, 6) is 5.17. The minimum Gasteiger partial charge on any atom is -0.461 e. The Morgan fingerprint density at radius 2 is 2.50 bits per heavy atom. The average Bonchev–Trinajstić information content (AvgIpc) is 2.34. The second-order valence-electron chi connectivity index (χ2n) is 2.49. The molecule has 1 heterocycles. The third-order valence-corrected chi connectivity index (χ3v) is 1.65. The van der Waals surface area contributed by atoms with Crippen molar-refractivity contribution < 1.29 is 9.53 Å². The summed E-state index contributed by atoms with van der Waals surface area (Å²) in [6.45, 7) is 2.77. The molecule has 0 atom stereocenters. The van der Waals surface area contributed by atoms with Gasteiger partial charge in [-0.15, -0.1) is 0 Å². The van der Waals surface area contributed by atoms with Crippen molar-refractivity contribution in [2.45, 2.75) is 6.92 Å². The molecule has 0 saturated carbocycles. The van der Waals surface area contributed by atoms with Crippen molar-refractivity contribution >= 4 is 5.97 Å². The fraction of sp³-hybridized carbons (Fsp3) is 0.571. The van der Waals surface area contributed by atoms with Crippen molar-refractivity contribution in [2.24, 2.45) is 5.84 Å². The standard InChI is InChI=1S/C7H13N3O2/c1-3-12-7(11)6-4-5-9(2)10(6)8/h4H,3,5,8H2,1-2H3. The summed E-state index contributed by atoms with van der Waals surface area (Å²) in [7, 11) is 1.79. The van der Waals surface area contributed by atoms with Crippen LogP contribution in [0, 0.1) is 0 Å². The number of likely N-dealkylation sites (N-methyl/N-ethyl adjacent to an activating group) is 1.